The molecular weight excluding hydrogens is 506 g/mol. The molecular formula is C30H35N7O3. The van der Waals surface area contributed by atoms with Crippen LogP contribution in [0.5, 0.6) is 5.75 Å². The molecule has 0 bridgehead atoms. The number of aryl methyl sites for hydroxylation is 2. The van der Waals surface area contributed by atoms with Gasteiger partial charge in [-0.2, -0.15) is 4.98 Å². The molecule has 2 aromatic carbocycles. The number of anilines is 1. The van der Waals surface area contributed by atoms with Crippen LogP contribution in [-0.4, -0.2) is 67.8 Å². The quantitative estimate of drug-likeness (QED) is 0.281. The summed E-state index contributed by atoms with van der Waals surface area (Å²) in [5, 5.41) is 0. The van der Waals surface area contributed by atoms with E-state index in [4.69, 9.17) is 9.72 Å². The first-order valence-electron chi connectivity index (χ1n) is 13.8. The molecule has 1 fully saturated rings. The van der Waals surface area contributed by atoms with Gasteiger partial charge in [-0.1, -0.05) is 42.5 Å². The Kier molecular flexibility index (Phi) is 6.93. The molecule has 0 atom stereocenters. The summed E-state index contributed by atoms with van der Waals surface area (Å²) in [6.07, 6.45) is 3.99. The molecule has 0 aliphatic carbocycles. The average molecular weight is 542 g/mol. The van der Waals surface area contributed by atoms with Crippen LogP contribution in [-0.2, 0) is 20.6 Å². The lowest BCUT2D eigenvalue weighted by Crippen LogP contribution is -2.46. The largest absolute Gasteiger partial charge is 0.495 e. The maximum Gasteiger partial charge on any atom is 0.332 e. The van der Waals surface area contributed by atoms with E-state index in [0.717, 1.165) is 79.4 Å². The average Bonchev–Trinajstić information content (AvgIpc) is 3.54. The Morgan fingerprint density at radius 3 is 2.30 bits per heavy atom. The van der Waals surface area contributed by atoms with Gasteiger partial charge in [-0.25, -0.2) is 4.79 Å². The van der Waals surface area contributed by atoms with Gasteiger partial charge in [0.2, 0.25) is 5.78 Å². The molecule has 10 heteroatoms. The lowest BCUT2D eigenvalue weighted by molar-refractivity contribution is 0.251. The fourth-order valence-corrected chi connectivity index (χ4v) is 5.78. The molecule has 208 valence electrons. The maximum absolute atomic E-state index is 13.1. The number of ether oxygens (including phenoxy) is 1. The number of piperazine rings is 1. The Balaban J connectivity index is 1.19. The Hall–Kier alpha value is -4.31. The number of methoxy groups -OCH3 is 1. The second kappa shape index (κ2) is 10.7. The highest BCUT2D eigenvalue weighted by atomic mass is 16.5. The fourth-order valence-electron chi connectivity index (χ4n) is 5.78. The molecule has 0 radical (unpaired) electrons. The SMILES string of the molecule is COc1ccccc1N1CCN(CCCCn2c(-c3ccccc3)cn3c4c(=O)n(C)c(=O)n(C)c4nc23)CC1. The molecule has 6 rings (SSSR count). The second-order valence-corrected chi connectivity index (χ2v) is 10.4. The number of para-hydroxylation sites is 2. The lowest BCUT2D eigenvalue weighted by atomic mass is 10.1. The van der Waals surface area contributed by atoms with Crippen molar-refractivity contribution in [2.45, 2.75) is 19.4 Å². The van der Waals surface area contributed by atoms with E-state index in [9.17, 15) is 9.59 Å². The van der Waals surface area contributed by atoms with Gasteiger partial charge in [0.1, 0.15) is 5.75 Å². The maximum atomic E-state index is 13.1. The number of aromatic nitrogens is 5. The zero-order valence-electron chi connectivity index (χ0n) is 23.3. The summed E-state index contributed by atoms with van der Waals surface area (Å²) >= 11 is 0. The second-order valence-electron chi connectivity index (χ2n) is 10.4. The highest BCUT2D eigenvalue weighted by Crippen LogP contribution is 2.29. The Morgan fingerprint density at radius 2 is 1.55 bits per heavy atom. The van der Waals surface area contributed by atoms with Gasteiger partial charge >= 0.3 is 5.69 Å². The van der Waals surface area contributed by atoms with Crippen molar-refractivity contribution in [1.82, 2.24) is 28.0 Å². The number of imidazole rings is 2. The third kappa shape index (κ3) is 4.48. The van der Waals surface area contributed by atoms with Crippen molar-refractivity contribution in [3.8, 4) is 17.0 Å². The van der Waals surface area contributed by atoms with Crippen molar-refractivity contribution >= 4 is 22.6 Å². The lowest BCUT2D eigenvalue weighted by Gasteiger charge is -2.36. The minimum absolute atomic E-state index is 0.338. The molecule has 10 nitrogen and oxygen atoms in total. The number of hydrogen-bond acceptors (Lipinski definition) is 6. The Morgan fingerprint density at radius 1 is 0.850 bits per heavy atom. The monoisotopic (exact) mass is 541 g/mol. The first kappa shape index (κ1) is 25.9. The first-order valence-corrected chi connectivity index (χ1v) is 13.8. The van der Waals surface area contributed by atoms with Gasteiger partial charge in [0.05, 0.1) is 18.5 Å². The van der Waals surface area contributed by atoms with E-state index in [-0.39, 0.29) is 11.2 Å². The standard InChI is InChI=1S/C30H35N7O3/c1-32-27-26(28(38)33(2)30(32)39)37-21-24(22-11-5-4-6-12-22)36(29(37)31-27)16-10-9-15-34-17-19-35(20-18-34)23-13-7-8-14-25(23)40-3/h4-8,11-14,21H,9-10,15-20H2,1-3H3. The Labute approximate surface area is 232 Å². The van der Waals surface area contributed by atoms with Crippen molar-refractivity contribution in [2.24, 2.45) is 14.1 Å². The first-order chi connectivity index (χ1) is 19.5. The molecule has 0 unspecified atom stereocenters. The van der Waals surface area contributed by atoms with Crippen molar-refractivity contribution in [3.05, 3.63) is 81.6 Å². The minimum Gasteiger partial charge on any atom is -0.495 e. The van der Waals surface area contributed by atoms with E-state index in [1.54, 1.807) is 14.2 Å². The van der Waals surface area contributed by atoms with Gasteiger partial charge < -0.3 is 14.2 Å². The molecule has 5 aromatic rings. The van der Waals surface area contributed by atoms with E-state index >= 15 is 0 Å². The van der Waals surface area contributed by atoms with Gasteiger partial charge in [-0.05, 0) is 37.1 Å². The topological polar surface area (TPSA) is 81.9 Å². The number of hydrogen-bond donors (Lipinski definition) is 0. The van der Waals surface area contributed by atoms with Gasteiger partial charge in [-0.15, -0.1) is 0 Å². The molecule has 0 saturated carbocycles. The van der Waals surface area contributed by atoms with Gasteiger partial charge in [0, 0.05) is 53.0 Å². The van der Waals surface area contributed by atoms with Crippen molar-refractivity contribution in [3.63, 3.8) is 0 Å². The zero-order valence-corrected chi connectivity index (χ0v) is 23.3. The summed E-state index contributed by atoms with van der Waals surface area (Å²) in [6.45, 7) is 5.78. The van der Waals surface area contributed by atoms with Crippen LogP contribution in [0.25, 0.3) is 28.2 Å². The minimum atomic E-state index is -0.376. The molecule has 0 amide bonds. The van der Waals surface area contributed by atoms with Gasteiger partial charge in [0.25, 0.3) is 5.56 Å². The summed E-state index contributed by atoms with van der Waals surface area (Å²) < 4.78 is 12.2. The van der Waals surface area contributed by atoms with E-state index in [0.29, 0.717) is 16.9 Å². The number of fused-ring (bicyclic) bond motifs is 3. The molecule has 3 aromatic heterocycles. The molecule has 1 aliphatic heterocycles. The molecule has 0 N–H and O–H groups in total. The van der Waals surface area contributed by atoms with Crippen molar-refractivity contribution in [1.29, 1.82) is 0 Å². The third-order valence-corrected chi connectivity index (χ3v) is 8.03. The summed E-state index contributed by atoms with van der Waals surface area (Å²) in [4.78, 5) is 35.3. The van der Waals surface area contributed by atoms with Crippen LogP contribution in [0.3, 0.4) is 0 Å². The van der Waals surface area contributed by atoms with E-state index in [2.05, 4.69) is 38.6 Å². The van der Waals surface area contributed by atoms with E-state index in [1.165, 1.54) is 11.6 Å². The molecule has 1 saturated heterocycles. The third-order valence-electron chi connectivity index (χ3n) is 8.03. The molecule has 1 aliphatic rings. The zero-order chi connectivity index (χ0) is 27.8. The van der Waals surface area contributed by atoms with Crippen LogP contribution in [0.4, 0.5) is 5.69 Å². The van der Waals surface area contributed by atoms with Crippen LogP contribution in [0, 0.1) is 0 Å². The number of nitrogens with zero attached hydrogens (tertiary/aromatic N) is 7. The summed E-state index contributed by atoms with van der Waals surface area (Å²) in [7, 11) is 4.89. The number of rotatable bonds is 8. The van der Waals surface area contributed by atoms with Crippen LogP contribution in [0.15, 0.2) is 70.4 Å². The van der Waals surface area contributed by atoms with Crippen LogP contribution < -0.4 is 20.9 Å². The summed E-state index contributed by atoms with van der Waals surface area (Å²) in [5.41, 5.74) is 3.34. The highest BCUT2D eigenvalue weighted by Gasteiger charge is 2.22. The van der Waals surface area contributed by atoms with Crippen molar-refractivity contribution in [2.75, 3.05) is 44.7 Å². The molecule has 0 spiro atoms. The number of benzene rings is 2. The summed E-state index contributed by atoms with van der Waals surface area (Å²) in [6, 6.07) is 18.4. The normalized spacial score (nSPS) is 14.4. The fraction of sp³-hybridized carbons (Fsp3) is 0.367. The van der Waals surface area contributed by atoms with E-state index in [1.807, 2.05) is 40.9 Å². The smallest absolute Gasteiger partial charge is 0.332 e. The van der Waals surface area contributed by atoms with Gasteiger partial charge in [-0.3, -0.25) is 23.2 Å². The van der Waals surface area contributed by atoms with Crippen LogP contribution in [0.2, 0.25) is 0 Å². The van der Waals surface area contributed by atoms with Crippen LogP contribution >= 0.6 is 0 Å². The molecule has 4 heterocycles. The highest BCUT2D eigenvalue weighted by molar-refractivity contribution is 5.78. The van der Waals surface area contributed by atoms with Crippen LogP contribution in [0.1, 0.15) is 12.8 Å². The van der Waals surface area contributed by atoms with E-state index < -0.39 is 0 Å². The Bertz CT molecular complexity index is 1770. The molecule has 40 heavy (non-hydrogen) atoms. The summed E-state index contributed by atoms with van der Waals surface area (Å²) in [5.74, 6) is 1.60. The number of unbranched alkanes of at least 4 members (excludes halogenated alkanes) is 1. The van der Waals surface area contributed by atoms with Gasteiger partial charge in [0.15, 0.2) is 11.2 Å². The predicted molar refractivity (Wildman–Crippen MR) is 157 cm³/mol. The van der Waals surface area contributed by atoms with Crippen molar-refractivity contribution < 1.29 is 4.74 Å². The predicted octanol–water partition coefficient (Wildman–Crippen LogP) is 2.96.